The molecule has 0 radical (unpaired) electrons. The van der Waals surface area contributed by atoms with Crippen molar-refractivity contribution in [2.75, 3.05) is 39.6 Å². The zero-order valence-corrected chi connectivity index (χ0v) is 58.3. The summed E-state index contributed by atoms with van der Waals surface area (Å²) in [7, 11) is -9.80. The number of phosphoric ester groups is 2. The van der Waals surface area contributed by atoms with E-state index in [4.69, 9.17) is 32.3 Å². The van der Waals surface area contributed by atoms with Gasteiger partial charge in [0, 0.05) is 19.3 Å². The summed E-state index contributed by atoms with van der Waals surface area (Å²) in [5, 5.41) is 20.6. The third-order valence-electron chi connectivity index (χ3n) is 14.1. The number of hydrogen-bond acceptors (Lipinski definition) is 14. The van der Waals surface area contributed by atoms with E-state index >= 15 is 0 Å². The first kappa shape index (κ1) is 87.0. The molecule has 0 rings (SSSR count). The number of aliphatic hydroxyl groups is 2. The normalized spacial score (nSPS) is 14.9. The molecule has 0 aromatic carbocycles. The monoisotopic (exact) mass is 1320 g/mol. The zero-order chi connectivity index (χ0) is 66.7. The number of hydrogen-bond donors (Lipinski definition) is 4. The Hall–Kier alpha value is -4.05. The number of phosphoric acid groups is 2. The van der Waals surface area contributed by atoms with Gasteiger partial charge in [-0.05, 0) is 135 Å². The molecule has 0 bridgehead atoms. The van der Waals surface area contributed by atoms with Crippen molar-refractivity contribution in [1.29, 1.82) is 0 Å². The lowest BCUT2D eigenvalue weighted by molar-refractivity contribution is -0.161. The van der Waals surface area contributed by atoms with Gasteiger partial charge >= 0.3 is 33.6 Å². The van der Waals surface area contributed by atoms with Gasteiger partial charge in [-0.1, -0.05) is 232 Å². The summed E-state index contributed by atoms with van der Waals surface area (Å²) in [6.07, 6.45) is 75.3. The van der Waals surface area contributed by atoms with Gasteiger partial charge < -0.3 is 34.2 Å². The van der Waals surface area contributed by atoms with E-state index in [1.807, 2.05) is 0 Å². The Labute approximate surface area is 551 Å². The minimum absolute atomic E-state index is 0.0797. The van der Waals surface area contributed by atoms with E-state index in [-0.39, 0.29) is 19.3 Å². The molecule has 0 aromatic rings. The number of unbranched alkanes of at least 4 members (excludes halogenated alkanes) is 22. The molecule has 5 atom stereocenters. The molecule has 0 amide bonds. The highest BCUT2D eigenvalue weighted by atomic mass is 31.2. The molecule has 4 N–H and O–H groups in total. The minimum atomic E-state index is -4.94. The molecule has 16 nitrogen and oxygen atoms in total. The van der Waals surface area contributed by atoms with Crippen molar-refractivity contribution in [3.8, 4) is 0 Å². The SMILES string of the molecule is CC/C=C\C/C=C\C/C=C\C/C=C\CCCCCCC(=O)OCC(COP(=O)(O)OCC(O)COP(=O)(O)OCC(O)COC(=O)CCCCCCCCC/C=C\C/C=C\C/C=C\C/C=C\CCCCC)OC(=O)CCCCCCC/C=C\C/C=C\CCCCC. The highest BCUT2D eigenvalue weighted by Gasteiger charge is 2.29. The van der Waals surface area contributed by atoms with E-state index in [1.54, 1.807) is 0 Å². The number of ether oxygens (including phenoxy) is 3. The van der Waals surface area contributed by atoms with Crippen LogP contribution in [0.15, 0.2) is 122 Å². The van der Waals surface area contributed by atoms with Gasteiger partial charge in [-0.15, -0.1) is 0 Å². The molecule has 5 unspecified atom stereocenters. The van der Waals surface area contributed by atoms with Crippen LogP contribution in [0.5, 0.6) is 0 Å². The van der Waals surface area contributed by atoms with Gasteiger partial charge in [-0.3, -0.25) is 32.5 Å². The predicted molar refractivity (Wildman–Crippen MR) is 371 cm³/mol. The highest BCUT2D eigenvalue weighted by molar-refractivity contribution is 7.47. The number of allylic oxidation sites excluding steroid dienone is 20. The van der Waals surface area contributed by atoms with Crippen molar-refractivity contribution in [1.82, 2.24) is 0 Å². The number of rotatable bonds is 65. The minimum Gasteiger partial charge on any atom is -0.463 e. The van der Waals surface area contributed by atoms with Crippen LogP contribution in [0.1, 0.15) is 265 Å². The standard InChI is InChI=1S/C73H124O16P2/c1-4-7-10-13-16-19-22-25-28-30-31-32-33-34-35-37-40-41-44-47-50-53-56-59-71(76)83-62-68(74)63-85-90(79,80)86-64-69(75)65-87-91(81,82)88-67-70(89-73(78)61-58-55-52-49-46-43-38-27-24-21-18-15-12-9-6-3)66-84-72(77)60-57-54-51-48-45-42-39-36-29-26-23-20-17-14-11-8-5-2/h8,11,16-21,25-29,31-32,34-35,38-39,42,68-70,74-75H,4-7,9-10,12-15,22-24,30,33,36-37,40-41,43-67H2,1-3H3,(H,79,80)(H,81,82)/b11-8-,19-16-,20-17-,21-18-,28-25-,29-26-,32-31-,35-34-,38-27-,42-39-. The maximum atomic E-state index is 12.9. The first-order valence-electron chi connectivity index (χ1n) is 34.8. The Kier molecular flexibility index (Phi) is 63.1. The van der Waals surface area contributed by atoms with Gasteiger partial charge in [-0.25, -0.2) is 9.13 Å². The number of carbonyl (C=O) groups is 3. The number of carbonyl (C=O) groups excluding carboxylic acids is 3. The molecule has 0 saturated heterocycles. The van der Waals surface area contributed by atoms with Crippen molar-refractivity contribution in [3.05, 3.63) is 122 Å². The maximum absolute atomic E-state index is 12.9. The number of esters is 3. The van der Waals surface area contributed by atoms with Crippen LogP contribution < -0.4 is 0 Å². The van der Waals surface area contributed by atoms with E-state index in [1.165, 1.54) is 44.9 Å². The molecular formula is C73H124O16P2. The summed E-state index contributed by atoms with van der Waals surface area (Å²) in [6.45, 7) is 2.43. The lowest BCUT2D eigenvalue weighted by Gasteiger charge is -2.21. The Morgan fingerprint density at radius 3 is 0.923 bits per heavy atom. The molecule has 0 aromatic heterocycles. The topological polar surface area (TPSA) is 231 Å². The van der Waals surface area contributed by atoms with Crippen LogP contribution >= 0.6 is 15.6 Å². The molecular weight excluding hydrogens is 1190 g/mol. The molecule has 0 heterocycles. The summed E-state index contributed by atoms with van der Waals surface area (Å²) in [5.41, 5.74) is 0. The van der Waals surface area contributed by atoms with Crippen LogP contribution in [0.4, 0.5) is 0 Å². The average Bonchev–Trinajstić information content (AvgIpc) is 3.27. The first-order chi connectivity index (χ1) is 44.2. The van der Waals surface area contributed by atoms with Gasteiger partial charge in [0.15, 0.2) is 6.10 Å². The smallest absolute Gasteiger partial charge is 0.463 e. The fourth-order valence-electron chi connectivity index (χ4n) is 8.81. The van der Waals surface area contributed by atoms with Gasteiger partial charge in [0.1, 0.15) is 25.4 Å². The van der Waals surface area contributed by atoms with E-state index in [2.05, 4.69) is 142 Å². The Balaban J connectivity index is 4.66. The van der Waals surface area contributed by atoms with Crippen molar-refractivity contribution < 1.29 is 75.8 Å². The molecule has 0 aliphatic heterocycles. The van der Waals surface area contributed by atoms with Crippen LogP contribution in [0.2, 0.25) is 0 Å². The van der Waals surface area contributed by atoms with Gasteiger partial charge in [0.05, 0.1) is 26.4 Å². The summed E-state index contributed by atoms with van der Waals surface area (Å²) >= 11 is 0. The summed E-state index contributed by atoms with van der Waals surface area (Å²) < 4.78 is 60.9. The van der Waals surface area contributed by atoms with Crippen molar-refractivity contribution in [2.24, 2.45) is 0 Å². The van der Waals surface area contributed by atoms with Crippen LogP contribution in [-0.4, -0.2) is 95.9 Å². The summed E-state index contributed by atoms with van der Waals surface area (Å²) in [5.74, 6) is -1.63. The maximum Gasteiger partial charge on any atom is 0.472 e. The van der Waals surface area contributed by atoms with Crippen molar-refractivity contribution in [2.45, 2.75) is 283 Å². The second-order valence-corrected chi connectivity index (χ2v) is 25.8. The van der Waals surface area contributed by atoms with Gasteiger partial charge in [0.25, 0.3) is 0 Å². The summed E-state index contributed by atoms with van der Waals surface area (Å²) in [4.78, 5) is 58.4. The van der Waals surface area contributed by atoms with Crippen molar-refractivity contribution in [3.63, 3.8) is 0 Å². The number of aliphatic hydroxyl groups excluding tert-OH is 2. The molecule has 91 heavy (non-hydrogen) atoms. The summed E-state index contributed by atoms with van der Waals surface area (Å²) in [6, 6.07) is 0. The van der Waals surface area contributed by atoms with E-state index in [0.717, 1.165) is 161 Å². The predicted octanol–water partition coefficient (Wildman–Crippen LogP) is 19.4. The molecule has 0 aliphatic carbocycles. The third-order valence-corrected chi connectivity index (χ3v) is 16.0. The van der Waals surface area contributed by atoms with Crippen molar-refractivity contribution >= 4 is 33.6 Å². The van der Waals surface area contributed by atoms with E-state index < -0.39 is 91.5 Å². The molecule has 18 heteroatoms. The van der Waals surface area contributed by atoms with Crippen LogP contribution in [-0.2, 0) is 55.8 Å². The highest BCUT2D eigenvalue weighted by Crippen LogP contribution is 2.45. The third kappa shape index (κ3) is 67.2. The average molecular weight is 1320 g/mol. The first-order valence-corrected chi connectivity index (χ1v) is 37.8. The molecule has 522 valence electrons. The van der Waals surface area contributed by atoms with Gasteiger partial charge in [0.2, 0.25) is 0 Å². The molecule has 0 fully saturated rings. The Bertz CT molecular complexity index is 2140. The Morgan fingerprint density at radius 1 is 0.319 bits per heavy atom. The largest absolute Gasteiger partial charge is 0.472 e. The molecule has 0 aliphatic rings. The lowest BCUT2D eigenvalue weighted by atomic mass is 10.1. The van der Waals surface area contributed by atoms with Crippen LogP contribution in [0.3, 0.4) is 0 Å². The second-order valence-electron chi connectivity index (χ2n) is 22.9. The van der Waals surface area contributed by atoms with E-state index in [0.29, 0.717) is 19.3 Å². The quantitative estimate of drug-likeness (QED) is 0.0146. The van der Waals surface area contributed by atoms with Crippen LogP contribution in [0.25, 0.3) is 0 Å². The second kappa shape index (κ2) is 66.0. The molecule has 0 saturated carbocycles. The van der Waals surface area contributed by atoms with Crippen LogP contribution in [0, 0.1) is 0 Å². The zero-order valence-electron chi connectivity index (χ0n) is 56.5. The fourth-order valence-corrected chi connectivity index (χ4v) is 10.4. The van der Waals surface area contributed by atoms with E-state index in [9.17, 15) is 43.5 Å². The van der Waals surface area contributed by atoms with Gasteiger partial charge in [-0.2, -0.15) is 0 Å². The fraction of sp³-hybridized carbons (Fsp3) is 0.685. The molecule has 0 spiro atoms. The Morgan fingerprint density at radius 2 is 0.582 bits per heavy atom. The lowest BCUT2D eigenvalue weighted by Crippen LogP contribution is -2.30.